The van der Waals surface area contributed by atoms with Crippen LogP contribution in [0.1, 0.15) is 24.2 Å². The van der Waals surface area contributed by atoms with E-state index in [9.17, 15) is 14.4 Å². The van der Waals surface area contributed by atoms with Crippen LogP contribution in [0.4, 0.5) is 11.4 Å². The summed E-state index contributed by atoms with van der Waals surface area (Å²) in [4.78, 5) is 35.5. The summed E-state index contributed by atoms with van der Waals surface area (Å²) in [6.45, 7) is 4.04. The molecule has 0 saturated heterocycles. The minimum absolute atomic E-state index is 0.0924. The van der Waals surface area contributed by atoms with E-state index in [0.717, 1.165) is 5.56 Å². The van der Waals surface area contributed by atoms with Crippen LogP contribution in [0.5, 0.6) is 0 Å². The summed E-state index contributed by atoms with van der Waals surface area (Å²) in [6, 6.07) is 14.0. The number of nitrogens with one attached hydrogen (secondary N) is 2. The first-order valence-corrected chi connectivity index (χ1v) is 10.8. The van der Waals surface area contributed by atoms with E-state index in [1.807, 2.05) is 23.6 Å². The van der Waals surface area contributed by atoms with Crippen molar-refractivity contribution in [3.8, 4) is 11.4 Å². The molecule has 3 rings (SSSR count). The molecule has 10 heteroatoms. The second-order valence-electron chi connectivity index (χ2n) is 6.68. The molecule has 0 spiro atoms. The number of thioether (sulfide) groups is 1. The zero-order valence-electron chi connectivity index (χ0n) is 17.9. The Morgan fingerprint density at radius 2 is 1.75 bits per heavy atom. The third kappa shape index (κ3) is 5.52. The molecule has 166 valence electrons. The van der Waals surface area contributed by atoms with Gasteiger partial charge in [-0.25, -0.2) is 4.79 Å². The van der Waals surface area contributed by atoms with Crippen LogP contribution in [-0.2, 0) is 20.9 Å². The summed E-state index contributed by atoms with van der Waals surface area (Å²) in [7, 11) is 1.29. The van der Waals surface area contributed by atoms with Gasteiger partial charge in [0, 0.05) is 24.7 Å². The Hall–Kier alpha value is -3.66. The number of para-hydroxylation sites is 1. The number of carbonyl (C=O) groups excluding carboxylic acids is 3. The molecule has 0 aliphatic rings. The molecule has 0 bridgehead atoms. The summed E-state index contributed by atoms with van der Waals surface area (Å²) < 4.78 is 6.66. The lowest BCUT2D eigenvalue weighted by Gasteiger charge is -2.10. The predicted octanol–water partition coefficient (Wildman–Crippen LogP) is 3.44. The molecule has 0 unspecified atom stereocenters. The first kappa shape index (κ1) is 23.0. The van der Waals surface area contributed by atoms with E-state index >= 15 is 0 Å². The van der Waals surface area contributed by atoms with Gasteiger partial charge in [-0.3, -0.25) is 9.59 Å². The molecule has 0 saturated carbocycles. The molecule has 0 aliphatic heterocycles. The van der Waals surface area contributed by atoms with Crippen molar-refractivity contribution in [2.45, 2.75) is 25.5 Å². The highest BCUT2D eigenvalue weighted by Gasteiger charge is 2.17. The van der Waals surface area contributed by atoms with Crippen LogP contribution in [0.3, 0.4) is 0 Å². The Morgan fingerprint density at radius 1 is 1.03 bits per heavy atom. The summed E-state index contributed by atoms with van der Waals surface area (Å²) in [5.41, 5.74) is 2.22. The van der Waals surface area contributed by atoms with Gasteiger partial charge in [-0.2, -0.15) is 0 Å². The van der Waals surface area contributed by atoms with Crippen molar-refractivity contribution in [2.24, 2.45) is 0 Å². The van der Waals surface area contributed by atoms with Gasteiger partial charge in [-0.05, 0) is 43.3 Å². The molecule has 1 aromatic heterocycles. The second-order valence-corrected chi connectivity index (χ2v) is 7.63. The molecule has 2 N–H and O–H groups in total. The van der Waals surface area contributed by atoms with Crippen molar-refractivity contribution in [3.63, 3.8) is 0 Å². The number of hydrogen-bond acceptors (Lipinski definition) is 7. The number of anilines is 2. The topological polar surface area (TPSA) is 115 Å². The van der Waals surface area contributed by atoms with Crippen LogP contribution in [0, 0.1) is 0 Å². The van der Waals surface area contributed by atoms with E-state index in [-0.39, 0.29) is 23.1 Å². The lowest BCUT2D eigenvalue weighted by atomic mass is 10.2. The van der Waals surface area contributed by atoms with Crippen molar-refractivity contribution in [1.29, 1.82) is 0 Å². The summed E-state index contributed by atoms with van der Waals surface area (Å²) in [6.07, 6.45) is 0. The van der Waals surface area contributed by atoms with Crippen molar-refractivity contribution in [1.82, 2.24) is 14.8 Å². The van der Waals surface area contributed by atoms with Crippen LogP contribution in [0.25, 0.3) is 11.4 Å². The van der Waals surface area contributed by atoms with Crippen molar-refractivity contribution in [3.05, 3.63) is 54.1 Å². The van der Waals surface area contributed by atoms with E-state index in [0.29, 0.717) is 28.9 Å². The number of rotatable bonds is 8. The number of nitrogens with zero attached hydrogens (tertiary/aromatic N) is 3. The first-order valence-electron chi connectivity index (χ1n) is 9.84. The maximum atomic E-state index is 12.5. The van der Waals surface area contributed by atoms with Gasteiger partial charge < -0.3 is 19.9 Å². The third-order valence-corrected chi connectivity index (χ3v) is 5.40. The molecular weight excluding hydrogens is 430 g/mol. The second kappa shape index (κ2) is 10.6. The Bertz CT molecular complexity index is 1130. The molecule has 32 heavy (non-hydrogen) atoms. The highest BCUT2D eigenvalue weighted by atomic mass is 32.2. The van der Waals surface area contributed by atoms with Gasteiger partial charge in [0.2, 0.25) is 11.8 Å². The summed E-state index contributed by atoms with van der Waals surface area (Å²) >= 11 is 1.25. The Kier molecular flexibility index (Phi) is 7.61. The zero-order valence-corrected chi connectivity index (χ0v) is 18.7. The Labute approximate surface area is 189 Å². The van der Waals surface area contributed by atoms with Gasteiger partial charge in [0.15, 0.2) is 11.0 Å². The number of benzene rings is 2. The van der Waals surface area contributed by atoms with Gasteiger partial charge in [0.05, 0.1) is 24.1 Å². The van der Waals surface area contributed by atoms with Gasteiger partial charge in [0.25, 0.3) is 0 Å². The van der Waals surface area contributed by atoms with Crippen molar-refractivity contribution >= 4 is 40.9 Å². The van der Waals surface area contributed by atoms with Crippen LogP contribution in [0.2, 0.25) is 0 Å². The lowest BCUT2D eigenvalue weighted by molar-refractivity contribution is -0.114. The maximum absolute atomic E-state index is 12.5. The van der Waals surface area contributed by atoms with Crippen LogP contribution >= 0.6 is 11.8 Å². The van der Waals surface area contributed by atoms with Gasteiger partial charge in [-0.1, -0.05) is 23.9 Å². The predicted molar refractivity (Wildman–Crippen MR) is 123 cm³/mol. The third-order valence-electron chi connectivity index (χ3n) is 4.44. The first-order chi connectivity index (χ1) is 15.4. The molecule has 2 aromatic carbocycles. The minimum atomic E-state index is -0.520. The molecule has 2 amide bonds. The molecule has 0 fully saturated rings. The fourth-order valence-electron chi connectivity index (χ4n) is 3.00. The largest absolute Gasteiger partial charge is 0.465 e. The van der Waals surface area contributed by atoms with E-state index in [2.05, 4.69) is 20.8 Å². The average molecular weight is 454 g/mol. The minimum Gasteiger partial charge on any atom is -0.465 e. The van der Waals surface area contributed by atoms with Gasteiger partial charge in [0.1, 0.15) is 0 Å². The molecule has 0 aliphatic carbocycles. The average Bonchev–Trinajstić information content (AvgIpc) is 3.20. The summed E-state index contributed by atoms with van der Waals surface area (Å²) in [5.74, 6) is -0.178. The number of hydrogen-bond donors (Lipinski definition) is 2. The number of carbonyl (C=O) groups is 3. The SMILES string of the molecule is CCn1c(SCC(=O)Nc2ccccc2C(=O)OC)nnc1-c1ccc(NC(C)=O)cc1. The van der Waals surface area contributed by atoms with Crippen LogP contribution < -0.4 is 10.6 Å². The highest BCUT2D eigenvalue weighted by molar-refractivity contribution is 7.99. The maximum Gasteiger partial charge on any atom is 0.339 e. The fourth-order valence-corrected chi connectivity index (χ4v) is 3.80. The van der Waals surface area contributed by atoms with Crippen LogP contribution in [-0.4, -0.2) is 45.4 Å². The molecule has 0 atom stereocenters. The quantitative estimate of drug-likeness (QED) is 0.396. The van der Waals surface area contributed by atoms with Crippen molar-refractivity contribution in [2.75, 3.05) is 23.5 Å². The number of aromatic nitrogens is 3. The normalized spacial score (nSPS) is 10.5. The molecule has 3 aromatic rings. The smallest absolute Gasteiger partial charge is 0.339 e. The molecular formula is C22H23N5O4S. The van der Waals surface area contributed by atoms with Gasteiger partial charge >= 0.3 is 5.97 Å². The Morgan fingerprint density at radius 3 is 2.41 bits per heavy atom. The number of methoxy groups -OCH3 is 1. The van der Waals surface area contributed by atoms with Crippen molar-refractivity contribution < 1.29 is 19.1 Å². The molecule has 1 heterocycles. The molecule has 0 radical (unpaired) electrons. The lowest BCUT2D eigenvalue weighted by Crippen LogP contribution is -2.17. The number of amides is 2. The monoisotopic (exact) mass is 453 g/mol. The number of esters is 1. The fraction of sp³-hybridized carbons (Fsp3) is 0.227. The zero-order chi connectivity index (χ0) is 23.1. The van der Waals surface area contributed by atoms with Crippen LogP contribution in [0.15, 0.2) is 53.7 Å². The van der Waals surface area contributed by atoms with E-state index < -0.39 is 5.97 Å². The van der Waals surface area contributed by atoms with E-state index in [1.54, 1.807) is 36.4 Å². The number of ether oxygens (including phenoxy) is 1. The Balaban J connectivity index is 1.69. The molecule has 9 nitrogen and oxygen atoms in total. The van der Waals surface area contributed by atoms with Gasteiger partial charge in [-0.15, -0.1) is 10.2 Å². The van der Waals surface area contributed by atoms with E-state index in [4.69, 9.17) is 4.74 Å². The summed E-state index contributed by atoms with van der Waals surface area (Å²) in [5, 5.41) is 14.6. The highest BCUT2D eigenvalue weighted by Crippen LogP contribution is 2.25. The van der Waals surface area contributed by atoms with E-state index in [1.165, 1.54) is 25.8 Å². The standard InChI is InChI=1S/C22H23N5O4S/c1-4-27-20(15-9-11-16(12-10-15)23-14(2)28)25-26-22(27)32-13-19(29)24-18-8-6-5-7-17(18)21(30)31-3/h5-12H,4,13H2,1-3H3,(H,23,28)(H,24,29).